The Balaban J connectivity index is 2.61. The molecule has 0 aliphatic rings. The molecule has 0 bridgehead atoms. The summed E-state index contributed by atoms with van der Waals surface area (Å²) in [4.78, 5) is 0. The molecule has 0 amide bonds. The summed E-state index contributed by atoms with van der Waals surface area (Å²) in [7, 11) is 3.53. The van der Waals surface area contributed by atoms with Gasteiger partial charge in [-0.2, -0.15) is 0 Å². The molecule has 1 aromatic carbocycles. The second-order valence-electron chi connectivity index (χ2n) is 4.67. The van der Waals surface area contributed by atoms with Crippen LogP contribution < -0.4 is 10.1 Å². The fourth-order valence-electron chi connectivity index (χ4n) is 2.28. The Bertz CT molecular complexity index is 609. The normalized spacial score (nSPS) is 10.4. The number of benzene rings is 1. The van der Waals surface area contributed by atoms with Gasteiger partial charge in [-0.1, -0.05) is 6.07 Å². The summed E-state index contributed by atoms with van der Waals surface area (Å²) in [5.74, 6) is 1.66. The highest BCUT2D eigenvalue weighted by molar-refractivity contribution is 5.71. The average molecular weight is 257 g/mol. The third-order valence-corrected chi connectivity index (χ3v) is 3.12. The first-order valence-corrected chi connectivity index (χ1v) is 6.24. The number of aromatic nitrogens is 2. The van der Waals surface area contributed by atoms with Crippen molar-refractivity contribution in [2.45, 2.75) is 20.8 Å². The molecule has 0 radical (unpaired) electrons. The second-order valence-corrected chi connectivity index (χ2v) is 4.67. The minimum atomic E-state index is 0.798. The zero-order valence-electron chi connectivity index (χ0n) is 12.0. The highest BCUT2D eigenvalue weighted by Gasteiger charge is 2.12. The van der Waals surface area contributed by atoms with Gasteiger partial charge < -0.3 is 10.1 Å². The maximum atomic E-state index is 5.50. The van der Waals surface area contributed by atoms with Crippen LogP contribution in [0.4, 0.5) is 5.82 Å². The molecule has 4 heteroatoms. The SMILES string of the molecule is CNc1nnc(-c2cc(C)cc(C)c2OC)cc1C. The molecule has 100 valence electrons. The number of ether oxygens (including phenoxy) is 1. The predicted molar refractivity (Wildman–Crippen MR) is 77.8 cm³/mol. The summed E-state index contributed by atoms with van der Waals surface area (Å²) < 4.78 is 5.50. The molecule has 2 aromatic rings. The molecule has 0 fully saturated rings. The number of aryl methyl sites for hydroxylation is 3. The van der Waals surface area contributed by atoms with Gasteiger partial charge in [-0.15, -0.1) is 10.2 Å². The van der Waals surface area contributed by atoms with E-state index < -0.39 is 0 Å². The number of hydrogen-bond acceptors (Lipinski definition) is 4. The lowest BCUT2D eigenvalue weighted by molar-refractivity contribution is 0.413. The summed E-state index contributed by atoms with van der Waals surface area (Å²) in [6.45, 7) is 6.12. The molecule has 0 saturated carbocycles. The van der Waals surface area contributed by atoms with Crippen LogP contribution in [0.3, 0.4) is 0 Å². The van der Waals surface area contributed by atoms with Gasteiger partial charge in [0.25, 0.3) is 0 Å². The molecule has 0 spiro atoms. The van der Waals surface area contributed by atoms with E-state index in [4.69, 9.17) is 4.74 Å². The largest absolute Gasteiger partial charge is 0.496 e. The monoisotopic (exact) mass is 257 g/mol. The fourth-order valence-corrected chi connectivity index (χ4v) is 2.28. The Morgan fingerprint density at radius 2 is 1.74 bits per heavy atom. The minimum Gasteiger partial charge on any atom is -0.496 e. The van der Waals surface area contributed by atoms with Crippen LogP contribution in [0.15, 0.2) is 18.2 Å². The van der Waals surface area contributed by atoms with Crippen molar-refractivity contribution >= 4 is 5.82 Å². The van der Waals surface area contributed by atoms with Gasteiger partial charge in [0.1, 0.15) is 5.75 Å². The zero-order chi connectivity index (χ0) is 14.0. The molecule has 0 unspecified atom stereocenters. The van der Waals surface area contributed by atoms with Gasteiger partial charge in [0.2, 0.25) is 0 Å². The lowest BCUT2D eigenvalue weighted by Crippen LogP contribution is -2.00. The Morgan fingerprint density at radius 1 is 1.00 bits per heavy atom. The van der Waals surface area contributed by atoms with E-state index in [0.717, 1.165) is 34.0 Å². The van der Waals surface area contributed by atoms with E-state index in [1.54, 1.807) is 7.11 Å². The number of nitrogens with zero attached hydrogens (tertiary/aromatic N) is 2. The van der Waals surface area contributed by atoms with Crippen LogP contribution in [0.25, 0.3) is 11.3 Å². The van der Waals surface area contributed by atoms with E-state index in [2.05, 4.69) is 34.6 Å². The third-order valence-electron chi connectivity index (χ3n) is 3.12. The molecule has 1 aromatic heterocycles. The summed E-state index contributed by atoms with van der Waals surface area (Å²) in [5.41, 5.74) is 5.17. The summed E-state index contributed by atoms with van der Waals surface area (Å²) in [6.07, 6.45) is 0. The molecule has 2 rings (SSSR count). The van der Waals surface area contributed by atoms with E-state index in [1.807, 2.05) is 27.0 Å². The van der Waals surface area contributed by atoms with Crippen molar-refractivity contribution in [1.29, 1.82) is 0 Å². The first-order chi connectivity index (χ1) is 9.06. The van der Waals surface area contributed by atoms with Crippen LogP contribution in [0.1, 0.15) is 16.7 Å². The van der Waals surface area contributed by atoms with Crippen molar-refractivity contribution in [1.82, 2.24) is 10.2 Å². The van der Waals surface area contributed by atoms with Gasteiger partial charge in [-0.3, -0.25) is 0 Å². The lowest BCUT2D eigenvalue weighted by Gasteiger charge is -2.13. The maximum absolute atomic E-state index is 5.50. The van der Waals surface area contributed by atoms with Crippen LogP contribution in [0, 0.1) is 20.8 Å². The molecule has 1 N–H and O–H groups in total. The predicted octanol–water partition coefficient (Wildman–Crippen LogP) is 3.12. The molecule has 0 atom stereocenters. The molecule has 19 heavy (non-hydrogen) atoms. The van der Waals surface area contributed by atoms with Crippen molar-refractivity contribution in [2.24, 2.45) is 0 Å². The van der Waals surface area contributed by atoms with Crippen LogP contribution in [0.5, 0.6) is 5.75 Å². The molecular weight excluding hydrogens is 238 g/mol. The average Bonchev–Trinajstić information content (AvgIpc) is 2.37. The molecule has 0 aliphatic carbocycles. The molecule has 0 aliphatic heterocycles. The molecule has 4 nitrogen and oxygen atoms in total. The second kappa shape index (κ2) is 5.26. The zero-order valence-corrected chi connectivity index (χ0v) is 12.0. The van der Waals surface area contributed by atoms with Gasteiger partial charge in [-0.05, 0) is 49.6 Å². The number of nitrogens with one attached hydrogen (secondary N) is 1. The Morgan fingerprint density at radius 3 is 2.32 bits per heavy atom. The van der Waals surface area contributed by atoms with Crippen LogP contribution >= 0.6 is 0 Å². The van der Waals surface area contributed by atoms with E-state index in [-0.39, 0.29) is 0 Å². The minimum absolute atomic E-state index is 0.798. The summed E-state index contributed by atoms with van der Waals surface area (Å²) >= 11 is 0. The quantitative estimate of drug-likeness (QED) is 0.917. The number of anilines is 1. The topological polar surface area (TPSA) is 47.0 Å². The Kier molecular flexibility index (Phi) is 3.69. The van der Waals surface area contributed by atoms with Crippen molar-refractivity contribution in [2.75, 3.05) is 19.5 Å². The lowest BCUT2D eigenvalue weighted by atomic mass is 10.0. The first-order valence-electron chi connectivity index (χ1n) is 6.24. The van der Waals surface area contributed by atoms with E-state index in [1.165, 1.54) is 5.56 Å². The first kappa shape index (κ1) is 13.3. The highest BCUT2D eigenvalue weighted by atomic mass is 16.5. The fraction of sp³-hybridized carbons (Fsp3) is 0.333. The van der Waals surface area contributed by atoms with Gasteiger partial charge >= 0.3 is 0 Å². The van der Waals surface area contributed by atoms with Crippen LogP contribution in [0.2, 0.25) is 0 Å². The molecule has 0 saturated heterocycles. The van der Waals surface area contributed by atoms with Crippen molar-refractivity contribution in [3.8, 4) is 17.0 Å². The van der Waals surface area contributed by atoms with Gasteiger partial charge in [0.05, 0.1) is 12.8 Å². The molecule has 1 heterocycles. The number of rotatable bonds is 3. The number of methoxy groups -OCH3 is 1. The molecular formula is C15H19N3O. The van der Waals surface area contributed by atoms with Gasteiger partial charge in [-0.25, -0.2) is 0 Å². The Labute approximate surface area is 113 Å². The smallest absolute Gasteiger partial charge is 0.151 e. The van der Waals surface area contributed by atoms with Crippen molar-refractivity contribution < 1.29 is 4.74 Å². The number of hydrogen-bond donors (Lipinski definition) is 1. The highest BCUT2D eigenvalue weighted by Crippen LogP contribution is 2.33. The maximum Gasteiger partial charge on any atom is 0.151 e. The van der Waals surface area contributed by atoms with Gasteiger partial charge in [0, 0.05) is 12.6 Å². The summed E-state index contributed by atoms with van der Waals surface area (Å²) in [6, 6.07) is 6.20. The van der Waals surface area contributed by atoms with E-state index in [9.17, 15) is 0 Å². The van der Waals surface area contributed by atoms with Crippen LogP contribution in [-0.2, 0) is 0 Å². The Hall–Kier alpha value is -2.10. The van der Waals surface area contributed by atoms with Crippen LogP contribution in [-0.4, -0.2) is 24.4 Å². The van der Waals surface area contributed by atoms with Crippen molar-refractivity contribution in [3.63, 3.8) is 0 Å². The summed E-state index contributed by atoms with van der Waals surface area (Å²) in [5, 5.41) is 11.5. The third kappa shape index (κ3) is 2.52. The van der Waals surface area contributed by atoms with E-state index in [0.29, 0.717) is 0 Å². The standard InChI is InChI=1S/C15H19N3O/c1-9-6-10(2)14(19-5)12(7-9)13-8-11(3)15(16-4)18-17-13/h6-8H,1-5H3,(H,16,18). The van der Waals surface area contributed by atoms with Crippen molar-refractivity contribution in [3.05, 3.63) is 34.9 Å². The van der Waals surface area contributed by atoms with Gasteiger partial charge in [0.15, 0.2) is 5.82 Å². The van der Waals surface area contributed by atoms with E-state index >= 15 is 0 Å².